The lowest BCUT2D eigenvalue weighted by Crippen LogP contribution is -2.31. The fraction of sp³-hybridized carbons (Fsp3) is 0.118. The van der Waals surface area contributed by atoms with E-state index < -0.39 is 11.8 Å². The minimum Gasteiger partial charge on any atom is -0.296 e. The summed E-state index contributed by atoms with van der Waals surface area (Å²) in [5.41, 5.74) is 1.42. The molecule has 0 saturated heterocycles. The Bertz CT molecular complexity index is 650. The van der Waals surface area contributed by atoms with Crippen LogP contribution in [0.3, 0.4) is 0 Å². The van der Waals surface area contributed by atoms with Crippen LogP contribution in [0, 0.1) is 0 Å². The zero-order valence-electron chi connectivity index (χ0n) is 12.6. The molecule has 0 bridgehead atoms. The Morgan fingerprint density at radius 2 is 1.39 bits per heavy atom. The van der Waals surface area contributed by atoms with Gasteiger partial charge in [0.25, 0.3) is 5.24 Å². The van der Waals surface area contributed by atoms with Crippen LogP contribution in [0.2, 0.25) is 0 Å². The summed E-state index contributed by atoms with van der Waals surface area (Å²) in [7, 11) is 0. The molecule has 0 aliphatic rings. The second-order valence-electron chi connectivity index (χ2n) is 4.67. The summed E-state index contributed by atoms with van der Waals surface area (Å²) in [6.07, 6.45) is 0. The highest BCUT2D eigenvalue weighted by atomic mass is 32.2. The Hall–Kier alpha value is -2.60. The molecule has 0 aliphatic heterocycles. The number of anilines is 2. The fourth-order valence-electron chi connectivity index (χ4n) is 1.94. The quantitative estimate of drug-likeness (QED) is 0.935. The number of nitrogens with one attached hydrogen (secondary N) is 1. The van der Waals surface area contributed by atoms with E-state index in [1.807, 2.05) is 60.7 Å². The molecule has 6 heteroatoms. The topological polar surface area (TPSA) is 66.5 Å². The van der Waals surface area contributed by atoms with E-state index in [2.05, 4.69) is 5.32 Å². The summed E-state index contributed by atoms with van der Waals surface area (Å²) in [6.45, 7) is 1.25. The molecule has 0 saturated carbocycles. The van der Waals surface area contributed by atoms with Crippen LogP contribution in [-0.2, 0) is 9.59 Å². The average Bonchev–Trinajstić information content (AvgIpc) is 2.55. The summed E-state index contributed by atoms with van der Waals surface area (Å²) < 4.78 is 0. The number of thioether (sulfide) groups is 1. The lowest BCUT2D eigenvalue weighted by molar-refractivity contribution is -0.127. The molecule has 2 rings (SSSR count). The lowest BCUT2D eigenvalue weighted by Gasteiger charge is -2.22. The van der Waals surface area contributed by atoms with Crippen molar-refractivity contribution in [2.24, 2.45) is 0 Å². The second kappa shape index (κ2) is 8.14. The number of amides is 3. The minimum absolute atomic E-state index is 0.116. The van der Waals surface area contributed by atoms with Crippen LogP contribution in [0.1, 0.15) is 6.92 Å². The van der Waals surface area contributed by atoms with Crippen molar-refractivity contribution < 1.29 is 14.4 Å². The summed E-state index contributed by atoms with van der Waals surface area (Å²) in [5, 5.41) is 1.86. The van der Waals surface area contributed by atoms with Gasteiger partial charge in [-0.05, 0) is 24.3 Å². The van der Waals surface area contributed by atoms with Crippen LogP contribution in [0.25, 0.3) is 0 Å². The monoisotopic (exact) mass is 328 g/mol. The molecule has 0 atom stereocenters. The van der Waals surface area contributed by atoms with E-state index in [0.29, 0.717) is 11.4 Å². The molecule has 0 fully saturated rings. The number of hydrogen-bond acceptors (Lipinski definition) is 4. The summed E-state index contributed by atoms with van der Waals surface area (Å²) in [6, 6.07) is 18.4. The molecule has 0 radical (unpaired) electrons. The summed E-state index contributed by atoms with van der Waals surface area (Å²) >= 11 is 0.847. The van der Waals surface area contributed by atoms with E-state index in [0.717, 1.165) is 11.8 Å². The molecule has 0 aromatic heterocycles. The molecule has 0 unspecified atom stereocenters. The number of imide groups is 1. The van der Waals surface area contributed by atoms with Crippen LogP contribution < -0.4 is 10.2 Å². The molecule has 3 amide bonds. The number of carbonyl (C=O) groups is 3. The van der Waals surface area contributed by atoms with Crippen molar-refractivity contribution in [3.8, 4) is 0 Å². The predicted molar refractivity (Wildman–Crippen MR) is 91.7 cm³/mol. The number of nitrogens with zero attached hydrogens (tertiary/aromatic N) is 1. The van der Waals surface area contributed by atoms with E-state index in [4.69, 9.17) is 0 Å². The first kappa shape index (κ1) is 16.8. The maximum atomic E-state index is 12.6. The van der Waals surface area contributed by atoms with Crippen molar-refractivity contribution >= 4 is 40.2 Å². The average molecular weight is 328 g/mol. The Balaban J connectivity index is 2.16. The molecule has 0 aliphatic carbocycles. The van der Waals surface area contributed by atoms with Crippen LogP contribution in [0.15, 0.2) is 60.7 Å². The number of para-hydroxylation sites is 2. The van der Waals surface area contributed by atoms with Gasteiger partial charge in [0.05, 0.1) is 5.75 Å². The van der Waals surface area contributed by atoms with E-state index in [1.54, 1.807) is 0 Å². The van der Waals surface area contributed by atoms with Gasteiger partial charge in [0.1, 0.15) is 0 Å². The van der Waals surface area contributed by atoms with Gasteiger partial charge in [0.2, 0.25) is 11.8 Å². The molecule has 0 heterocycles. The highest BCUT2D eigenvalue weighted by Crippen LogP contribution is 2.28. The van der Waals surface area contributed by atoms with Crippen LogP contribution in [0.5, 0.6) is 0 Å². The summed E-state index contributed by atoms with van der Waals surface area (Å²) in [4.78, 5) is 36.5. The predicted octanol–water partition coefficient (Wildman–Crippen LogP) is 3.34. The van der Waals surface area contributed by atoms with Gasteiger partial charge in [-0.2, -0.15) is 0 Å². The van der Waals surface area contributed by atoms with E-state index in [1.165, 1.54) is 11.8 Å². The first-order chi connectivity index (χ1) is 11.1. The van der Waals surface area contributed by atoms with Crippen LogP contribution >= 0.6 is 11.8 Å². The molecule has 5 nitrogen and oxygen atoms in total. The number of hydrogen-bond donors (Lipinski definition) is 1. The lowest BCUT2D eigenvalue weighted by atomic mass is 10.2. The largest absolute Gasteiger partial charge is 0.296 e. The molecule has 23 heavy (non-hydrogen) atoms. The van der Waals surface area contributed by atoms with Gasteiger partial charge >= 0.3 is 0 Å². The first-order valence-electron chi connectivity index (χ1n) is 6.95. The third-order valence-corrected chi connectivity index (χ3v) is 3.69. The Morgan fingerprint density at radius 1 is 0.913 bits per heavy atom. The van der Waals surface area contributed by atoms with Gasteiger partial charge < -0.3 is 0 Å². The van der Waals surface area contributed by atoms with Gasteiger partial charge in [-0.1, -0.05) is 48.2 Å². The number of rotatable bonds is 4. The van der Waals surface area contributed by atoms with Crippen molar-refractivity contribution in [2.45, 2.75) is 6.92 Å². The smallest absolute Gasteiger partial charge is 0.291 e. The first-order valence-corrected chi connectivity index (χ1v) is 7.94. The molecule has 1 N–H and O–H groups in total. The molecule has 2 aromatic carbocycles. The molecule has 2 aromatic rings. The standard InChI is InChI=1S/C17H16N2O3S/c1-13(20)18-16(21)12-23-17(22)19(14-8-4-2-5-9-14)15-10-6-3-7-11-15/h2-11H,12H2,1H3,(H,18,20,21). The minimum atomic E-state index is -0.489. The zero-order valence-corrected chi connectivity index (χ0v) is 13.4. The summed E-state index contributed by atoms with van der Waals surface area (Å²) in [5.74, 6) is -1.04. The van der Waals surface area contributed by atoms with Crippen molar-refractivity contribution in [1.29, 1.82) is 0 Å². The van der Waals surface area contributed by atoms with Crippen molar-refractivity contribution in [1.82, 2.24) is 5.32 Å². The third-order valence-electron chi connectivity index (χ3n) is 2.85. The number of benzene rings is 2. The fourth-order valence-corrected chi connectivity index (χ4v) is 2.60. The molecule has 118 valence electrons. The van der Waals surface area contributed by atoms with Gasteiger partial charge in [-0.15, -0.1) is 0 Å². The Kier molecular flexibility index (Phi) is 5.94. The SMILES string of the molecule is CC(=O)NC(=O)CSC(=O)N(c1ccccc1)c1ccccc1. The molecular formula is C17H16N2O3S. The van der Waals surface area contributed by atoms with Crippen molar-refractivity contribution in [2.75, 3.05) is 10.7 Å². The zero-order chi connectivity index (χ0) is 16.7. The molecular weight excluding hydrogens is 312 g/mol. The maximum Gasteiger partial charge on any atom is 0.291 e. The second-order valence-corrected chi connectivity index (χ2v) is 5.59. The molecule has 0 spiro atoms. The third kappa shape index (κ3) is 4.96. The maximum absolute atomic E-state index is 12.6. The Labute approximate surface area is 138 Å². The van der Waals surface area contributed by atoms with Gasteiger partial charge in [0, 0.05) is 18.3 Å². The van der Waals surface area contributed by atoms with Crippen LogP contribution in [-0.4, -0.2) is 22.8 Å². The number of carbonyl (C=O) groups excluding carboxylic acids is 3. The van der Waals surface area contributed by atoms with Gasteiger partial charge in [0.15, 0.2) is 0 Å². The van der Waals surface area contributed by atoms with Crippen molar-refractivity contribution in [3.63, 3.8) is 0 Å². The highest BCUT2D eigenvalue weighted by Gasteiger charge is 2.19. The van der Waals surface area contributed by atoms with Crippen molar-refractivity contribution in [3.05, 3.63) is 60.7 Å². The normalized spacial score (nSPS) is 9.96. The van der Waals surface area contributed by atoms with E-state index in [-0.39, 0.29) is 11.0 Å². The van der Waals surface area contributed by atoms with Crippen LogP contribution in [0.4, 0.5) is 16.2 Å². The Morgan fingerprint density at radius 3 is 1.83 bits per heavy atom. The van der Waals surface area contributed by atoms with E-state index in [9.17, 15) is 14.4 Å². The van der Waals surface area contributed by atoms with Gasteiger partial charge in [-0.3, -0.25) is 24.6 Å². The van der Waals surface area contributed by atoms with E-state index >= 15 is 0 Å². The highest BCUT2D eigenvalue weighted by molar-refractivity contribution is 8.14. The van der Waals surface area contributed by atoms with Gasteiger partial charge in [-0.25, -0.2) is 0 Å².